The van der Waals surface area contributed by atoms with E-state index in [4.69, 9.17) is 23.2 Å². The molecule has 0 unspecified atom stereocenters. The number of nitrogens with zero attached hydrogens (tertiary/aromatic N) is 1. The van der Waals surface area contributed by atoms with Gasteiger partial charge in [-0.2, -0.15) is 0 Å². The van der Waals surface area contributed by atoms with Gasteiger partial charge in [0.25, 0.3) is 15.9 Å². The Morgan fingerprint density at radius 3 is 2.29 bits per heavy atom. The molecule has 0 aromatic heterocycles. The van der Waals surface area contributed by atoms with Crippen LogP contribution in [0.2, 0.25) is 10.0 Å². The summed E-state index contributed by atoms with van der Waals surface area (Å²) in [7, 11) is -4.16. The van der Waals surface area contributed by atoms with E-state index in [1.807, 2.05) is 13.8 Å². The summed E-state index contributed by atoms with van der Waals surface area (Å²) in [6.45, 7) is 3.24. The average Bonchev–Trinajstić information content (AvgIpc) is 2.83. The third-order valence-electron chi connectivity index (χ3n) is 5.23. The van der Waals surface area contributed by atoms with Crippen LogP contribution < -0.4 is 14.9 Å². The minimum absolute atomic E-state index is 0.00727. The predicted molar refractivity (Wildman–Crippen MR) is 140 cm³/mol. The molecule has 0 heterocycles. The summed E-state index contributed by atoms with van der Waals surface area (Å²) in [5, 5.41) is 5.91. The fourth-order valence-corrected chi connectivity index (χ4v) is 5.24. The van der Waals surface area contributed by atoms with Gasteiger partial charge in [-0.1, -0.05) is 60.5 Å². The van der Waals surface area contributed by atoms with Crippen LogP contribution in [-0.2, 0) is 14.8 Å². The number of benzene rings is 3. The van der Waals surface area contributed by atoms with Gasteiger partial charge in [0.2, 0.25) is 5.91 Å². The number of carbonyl (C=O) groups excluding carboxylic acids is 2. The van der Waals surface area contributed by atoms with E-state index in [0.29, 0.717) is 5.02 Å². The second-order valence-electron chi connectivity index (χ2n) is 7.80. The normalized spacial score (nSPS) is 12.0. The summed E-state index contributed by atoms with van der Waals surface area (Å²) in [4.78, 5) is 25.8. The topological polar surface area (TPSA) is 95.6 Å². The van der Waals surface area contributed by atoms with Gasteiger partial charge in [0, 0.05) is 11.1 Å². The number of nitrogens with one attached hydrogen (secondary N) is 2. The van der Waals surface area contributed by atoms with Crippen LogP contribution >= 0.6 is 23.2 Å². The number of sulfonamides is 1. The third-order valence-corrected chi connectivity index (χ3v) is 7.54. The maximum atomic E-state index is 13.5. The van der Waals surface area contributed by atoms with E-state index in [1.165, 1.54) is 30.3 Å². The Labute approximate surface area is 215 Å². The molecule has 10 heteroatoms. The SMILES string of the molecule is CC[C@H](C)NC(=O)c1ccccc1NC(=O)CN(c1ccc(Cl)cc1Cl)S(=O)(=O)c1ccccc1. The highest BCUT2D eigenvalue weighted by Gasteiger charge is 2.29. The van der Waals surface area contributed by atoms with Crippen LogP contribution in [-0.4, -0.2) is 32.8 Å². The number of para-hydroxylation sites is 1. The molecule has 0 radical (unpaired) electrons. The molecule has 0 aliphatic rings. The Morgan fingerprint density at radius 2 is 1.63 bits per heavy atom. The summed E-state index contributed by atoms with van der Waals surface area (Å²) >= 11 is 12.3. The van der Waals surface area contributed by atoms with Crippen LogP contribution in [0.1, 0.15) is 30.6 Å². The fraction of sp³-hybridized carbons (Fsp3) is 0.200. The molecule has 2 amide bonds. The largest absolute Gasteiger partial charge is 0.350 e. The lowest BCUT2D eigenvalue weighted by Gasteiger charge is -2.25. The number of halogens is 2. The Kier molecular flexibility index (Phi) is 8.77. The second kappa shape index (κ2) is 11.6. The van der Waals surface area contributed by atoms with Gasteiger partial charge in [0.15, 0.2) is 0 Å². The van der Waals surface area contributed by atoms with E-state index in [-0.39, 0.29) is 38.8 Å². The zero-order chi connectivity index (χ0) is 25.6. The van der Waals surface area contributed by atoms with Gasteiger partial charge in [-0.25, -0.2) is 8.42 Å². The van der Waals surface area contributed by atoms with E-state index in [0.717, 1.165) is 10.7 Å². The summed E-state index contributed by atoms with van der Waals surface area (Å²) in [5.74, 6) is -0.996. The molecule has 0 spiro atoms. The first-order valence-electron chi connectivity index (χ1n) is 10.9. The number of amides is 2. The van der Waals surface area contributed by atoms with Crippen molar-refractivity contribution in [1.29, 1.82) is 0 Å². The van der Waals surface area contributed by atoms with Crippen LogP contribution in [0.5, 0.6) is 0 Å². The molecule has 0 aliphatic carbocycles. The molecule has 3 aromatic rings. The number of hydrogen-bond acceptors (Lipinski definition) is 4. The molecular formula is C25H25Cl2N3O4S. The molecule has 2 N–H and O–H groups in total. The highest BCUT2D eigenvalue weighted by Crippen LogP contribution is 2.32. The lowest BCUT2D eigenvalue weighted by Crippen LogP contribution is -2.39. The molecule has 3 aromatic carbocycles. The van der Waals surface area contributed by atoms with Gasteiger partial charge in [-0.05, 0) is 55.8 Å². The van der Waals surface area contributed by atoms with Crippen molar-refractivity contribution >= 4 is 56.4 Å². The third kappa shape index (κ3) is 6.54. The lowest BCUT2D eigenvalue weighted by molar-refractivity contribution is -0.114. The maximum Gasteiger partial charge on any atom is 0.264 e. The van der Waals surface area contributed by atoms with Crippen LogP contribution in [0.25, 0.3) is 0 Å². The van der Waals surface area contributed by atoms with Crippen molar-refractivity contribution in [2.24, 2.45) is 0 Å². The number of anilines is 2. The smallest absolute Gasteiger partial charge is 0.264 e. The quantitative estimate of drug-likeness (QED) is 0.387. The molecule has 0 aliphatic heterocycles. The monoisotopic (exact) mass is 533 g/mol. The molecule has 1 atom stereocenters. The van der Waals surface area contributed by atoms with E-state index in [9.17, 15) is 18.0 Å². The highest BCUT2D eigenvalue weighted by molar-refractivity contribution is 7.92. The first kappa shape index (κ1) is 26.5. The number of rotatable bonds is 9. The predicted octanol–water partition coefficient (Wildman–Crippen LogP) is 5.36. The van der Waals surface area contributed by atoms with Crippen molar-refractivity contribution in [2.45, 2.75) is 31.2 Å². The molecular weight excluding hydrogens is 509 g/mol. The molecule has 0 bridgehead atoms. The van der Waals surface area contributed by atoms with Gasteiger partial charge in [-0.3, -0.25) is 13.9 Å². The number of hydrogen-bond donors (Lipinski definition) is 2. The Bertz CT molecular complexity index is 1320. The molecule has 184 valence electrons. The molecule has 7 nitrogen and oxygen atoms in total. The molecule has 0 saturated heterocycles. The van der Waals surface area contributed by atoms with Crippen molar-refractivity contribution in [3.8, 4) is 0 Å². The highest BCUT2D eigenvalue weighted by atomic mass is 35.5. The molecule has 0 fully saturated rings. The van der Waals surface area contributed by atoms with Crippen molar-refractivity contribution in [3.63, 3.8) is 0 Å². The first-order chi connectivity index (χ1) is 16.6. The Balaban J connectivity index is 1.94. The standard InChI is InChI=1S/C25H25Cl2N3O4S/c1-3-17(2)28-25(32)20-11-7-8-12-22(20)29-24(31)16-30(23-14-13-18(26)15-21(23)27)35(33,34)19-9-5-4-6-10-19/h4-15,17H,3,16H2,1-2H3,(H,28,32)(H,29,31)/t17-/m0/s1. The minimum Gasteiger partial charge on any atom is -0.350 e. The van der Waals surface area contributed by atoms with Crippen LogP contribution in [0, 0.1) is 0 Å². The Hall–Kier alpha value is -3.07. The van der Waals surface area contributed by atoms with Gasteiger partial charge >= 0.3 is 0 Å². The van der Waals surface area contributed by atoms with Crippen molar-refractivity contribution < 1.29 is 18.0 Å². The molecule has 35 heavy (non-hydrogen) atoms. The van der Waals surface area contributed by atoms with E-state index in [2.05, 4.69) is 10.6 Å². The van der Waals surface area contributed by atoms with Crippen molar-refractivity contribution in [1.82, 2.24) is 5.32 Å². The van der Waals surface area contributed by atoms with E-state index >= 15 is 0 Å². The van der Waals surface area contributed by atoms with Crippen LogP contribution in [0.3, 0.4) is 0 Å². The van der Waals surface area contributed by atoms with Gasteiger partial charge < -0.3 is 10.6 Å². The van der Waals surface area contributed by atoms with Crippen molar-refractivity contribution in [2.75, 3.05) is 16.2 Å². The van der Waals surface area contributed by atoms with Crippen LogP contribution in [0.15, 0.2) is 77.7 Å². The summed E-state index contributed by atoms with van der Waals surface area (Å²) < 4.78 is 27.9. The molecule has 0 saturated carbocycles. The average molecular weight is 534 g/mol. The zero-order valence-corrected chi connectivity index (χ0v) is 21.5. The van der Waals surface area contributed by atoms with Crippen LogP contribution in [0.4, 0.5) is 11.4 Å². The van der Waals surface area contributed by atoms with E-state index in [1.54, 1.807) is 42.5 Å². The van der Waals surface area contributed by atoms with Gasteiger partial charge in [-0.15, -0.1) is 0 Å². The molecule has 3 rings (SSSR count). The summed E-state index contributed by atoms with van der Waals surface area (Å²) in [6, 6.07) is 18.5. The minimum atomic E-state index is -4.16. The Morgan fingerprint density at radius 1 is 0.971 bits per heavy atom. The second-order valence-corrected chi connectivity index (χ2v) is 10.5. The summed E-state index contributed by atoms with van der Waals surface area (Å²) in [6.07, 6.45) is 0.744. The van der Waals surface area contributed by atoms with E-state index < -0.39 is 22.5 Å². The van der Waals surface area contributed by atoms with Gasteiger partial charge in [0.1, 0.15) is 6.54 Å². The lowest BCUT2D eigenvalue weighted by atomic mass is 10.1. The number of carbonyl (C=O) groups is 2. The fourth-order valence-electron chi connectivity index (χ4n) is 3.22. The summed E-state index contributed by atoms with van der Waals surface area (Å²) in [5.41, 5.74) is 0.624. The zero-order valence-electron chi connectivity index (χ0n) is 19.2. The van der Waals surface area contributed by atoms with Gasteiger partial charge in [0.05, 0.1) is 26.9 Å². The first-order valence-corrected chi connectivity index (χ1v) is 13.1. The maximum absolute atomic E-state index is 13.5. The van der Waals surface area contributed by atoms with Crippen molar-refractivity contribution in [3.05, 3.63) is 88.4 Å².